The zero-order chi connectivity index (χ0) is 20.4. The highest BCUT2D eigenvalue weighted by atomic mass is 32.1. The topological polar surface area (TPSA) is 61.9 Å². The van der Waals surface area contributed by atoms with Gasteiger partial charge in [-0.25, -0.2) is 4.79 Å². The van der Waals surface area contributed by atoms with E-state index in [0.29, 0.717) is 28.9 Å². The normalized spacial score (nSPS) is 25.2. The molecule has 7 heteroatoms. The lowest BCUT2D eigenvalue weighted by atomic mass is 9.88. The van der Waals surface area contributed by atoms with Crippen molar-refractivity contribution in [1.82, 2.24) is 9.80 Å². The van der Waals surface area contributed by atoms with E-state index in [1.807, 2.05) is 0 Å². The summed E-state index contributed by atoms with van der Waals surface area (Å²) in [5.74, 6) is 0.928. The summed E-state index contributed by atoms with van der Waals surface area (Å²) < 4.78 is 5.02. The van der Waals surface area contributed by atoms with Gasteiger partial charge in [0.15, 0.2) is 0 Å². The van der Waals surface area contributed by atoms with E-state index in [-0.39, 0.29) is 11.9 Å². The van der Waals surface area contributed by atoms with Crippen molar-refractivity contribution in [3.63, 3.8) is 0 Å². The van der Waals surface area contributed by atoms with Crippen LogP contribution in [0, 0.1) is 11.8 Å². The van der Waals surface area contributed by atoms with Gasteiger partial charge in [0.1, 0.15) is 5.00 Å². The highest BCUT2D eigenvalue weighted by Crippen LogP contribution is 2.40. The Morgan fingerprint density at radius 2 is 1.97 bits per heavy atom. The molecule has 2 saturated heterocycles. The van der Waals surface area contributed by atoms with Crippen LogP contribution in [0.4, 0.5) is 5.00 Å². The van der Waals surface area contributed by atoms with Gasteiger partial charge in [0.05, 0.1) is 19.2 Å². The lowest BCUT2D eigenvalue weighted by Gasteiger charge is -2.20. The molecule has 0 spiro atoms. The maximum atomic E-state index is 12.8. The molecule has 1 amide bonds. The van der Waals surface area contributed by atoms with E-state index in [1.165, 1.54) is 50.9 Å². The number of nitrogens with one attached hydrogen (secondary N) is 1. The van der Waals surface area contributed by atoms with Crippen LogP contribution in [0.5, 0.6) is 0 Å². The molecule has 1 N–H and O–H groups in total. The van der Waals surface area contributed by atoms with Crippen LogP contribution >= 0.6 is 11.3 Å². The Morgan fingerprint density at radius 3 is 2.72 bits per heavy atom. The third kappa shape index (κ3) is 4.84. The van der Waals surface area contributed by atoms with Crippen molar-refractivity contribution in [2.24, 2.45) is 11.8 Å². The van der Waals surface area contributed by atoms with Crippen LogP contribution in [0.1, 0.15) is 53.4 Å². The number of esters is 1. The third-order valence-corrected chi connectivity index (χ3v) is 7.78. The minimum atomic E-state index is -0.334. The van der Waals surface area contributed by atoms with Gasteiger partial charge in [0.25, 0.3) is 0 Å². The van der Waals surface area contributed by atoms with Crippen LogP contribution in [0.3, 0.4) is 0 Å². The SMILES string of the molecule is COC(=O)c1c(NC(=O)CN2CC[C@H](CN3CCCC3)C2)sc2c1CC[C@@H](C)C2. The molecule has 0 radical (unpaired) electrons. The number of fused-ring (bicyclic) bond motifs is 1. The number of amides is 1. The minimum Gasteiger partial charge on any atom is -0.465 e. The van der Waals surface area contributed by atoms with Gasteiger partial charge in [0, 0.05) is 18.0 Å². The average molecular weight is 420 g/mol. The van der Waals surface area contributed by atoms with Gasteiger partial charge in [-0.15, -0.1) is 11.3 Å². The zero-order valence-corrected chi connectivity index (χ0v) is 18.5. The highest BCUT2D eigenvalue weighted by Gasteiger charge is 2.30. The first-order valence-corrected chi connectivity index (χ1v) is 11.8. The number of methoxy groups -OCH3 is 1. The van der Waals surface area contributed by atoms with E-state index >= 15 is 0 Å². The predicted molar refractivity (Wildman–Crippen MR) is 116 cm³/mol. The fraction of sp³-hybridized carbons (Fsp3) is 0.727. The van der Waals surface area contributed by atoms with Gasteiger partial charge in [-0.2, -0.15) is 0 Å². The second kappa shape index (κ2) is 9.14. The molecule has 1 aromatic heterocycles. The number of carbonyl (C=O) groups is 2. The Morgan fingerprint density at radius 1 is 1.17 bits per heavy atom. The number of nitrogens with zero attached hydrogens (tertiary/aromatic N) is 2. The van der Waals surface area contributed by atoms with Crippen LogP contribution in [0.15, 0.2) is 0 Å². The Kier molecular flexibility index (Phi) is 6.56. The van der Waals surface area contributed by atoms with E-state index in [1.54, 1.807) is 11.3 Å². The summed E-state index contributed by atoms with van der Waals surface area (Å²) in [5, 5.41) is 3.71. The second-order valence-electron chi connectivity index (χ2n) is 8.99. The van der Waals surface area contributed by atoms with E-state index in [4.69, 9.17) is 4.74 Å². The van der Waals surface area contributed by atoms with Crippen molar-refractivity contribution in [2.75, 3.05) is 51.7 Å². The molecule has 2 aliphatic heterocycles. The van der Waals surface area contributed by atoms with Gasteiger partial charge < -0.3 is 15.0 Å². The number of likely N-dealkylation sites (tertiary alicyclic amines) is 2. The van der Waals surface area contributed by atoms with Crippen molar-refractivity contribution in [2.45, 2.75) is 45.4 Å². The summed E-state index contributed by atoms with van der Waals surface area (Å²) in [6.45, 7) is 8.24. The number of hydrogen-bond donors (Lipinski definition) is 1. The van der Waals surface area contributed by atoms with Crippen molar-refractivity contribution in [3.05, 3.63) is 16.0 Å². The fourth-order valence-electron chi connectivity index (χ4n) is 5.06. The molecule has 0 saturated carbocycles. The van der Waals surface area contributed by atoms with E-state index in [9.17, 15) is 9.59 Å². The van der Waals surface area contributed by atoms with Gasteiger partial charge in [0.2, 0.25) is 5.91 Å². The molecule has 160 valence electrons. The first-order chi connectivity index (χ1) is 14.0. The summed E-state index contributed by atoms with van der Waals surface area (Å²) >= 11 is 1.56. The van der Waals surface area contributed by atoms with Crippen molar-refractivity contribution < 1.29 is 14.3 Å². The van der Waals surface area contributed by atoms with Crippen LogP contribution in [-0.4, -0.2) is 68.1 Å². The Hall–Kier alpha value is -1.44. The second-order valence-corrected chi connectivity index (χ2v) is 10.1. The number of thiophene rings is 1. The lowest BCUT2D eigenvalue weighted by Crippen LogP contribution is -2.33. The minimum absolute atomic E-state index is 0.0244. The molecule has 0 aromatic carbocycles. The monoisotopic (exact) mass is 419 g/mol. The van der Waals surface area contributed by atoms with E-state index in [2.05, 4.69) is 22.0 Å². The number of hydrogen-bond acceptors (Lipinski definition) is 6. The summed E-state index contributed by atoms with van der Waals surface area (Å²) in [4.78, 5) is 31.2. The number of rotatable bonds is 6. The molecule has 29 heavy (non-hydrogen) atoms. The van der Waals surface area contributed by atoms with E-state index < -0.39 is 0 Å². The number of ether oxygens (including phenoxy) is 1. The first kappa shape index (κ1) is 20.8. The molecule has 1 aromatic rings. The molecule has 0 bridgehead atoms. The van der Waals surface area contributed by atoms with Crippen molar-refractivity contribution >= 4 is 28.2 Å². The summed E-state index contributed by atoms with van der Waals surface area (Å²) in [5.41, 5.74) is 1.67. The van der Waals surface area contributed by atoms with Gasteiger partial charge in [-0.05, 0) is 75.6 Å². The van der Waals surface area contributed by atoms with Gasteiger partial charge in [-0.3, -0.25) is 9.69 Å². The predicted octanol–water partition coefficient (Wildman–Crippen LogP) is 3.02. The number of carbonyl (C=O) groups excluding carboxylic acids is 2. The summed E-state index contributed by atoms with van der Waals surface area (Å²) in [6, 6.07) is 0. The van der Waals surface area contributed by atoms with Gasteiger partial charge >= 0.3 is 5.97 Å². The van der Waals surface area contributed by atoms with Crippen molar-refractivity contribution in [3.8, 4) is 0 Å². The Labute approximate surface area is 177 Å². The molecule has 6 nitrogen and oxygen atoms in total. The smallest absolute Gasteiger partial charge is 0.341 e. The molecule has 0 unspecified atom stereocenters. The molecule has 3 heterocycles. The molecule has 1 aliphatic carbocycles. The molecular formula is C22H33N3O3S. The van der Waals surface area contributed by atoms with Crippen LogP contribution in [0.2, 0.25) is 0 Å². The van der Waals surface area contributed by atoms with Crippen LogP contribution in [-0.2, 0) is 22.4 Å². The van der Waals surface area contributed by atoms with Gasteiger partial charge in [-0.1, -0.05) is 6.92 Å². The zero-order valence-electron chi connectivity index (χ0n) is 17.7. The van der Waals surface area contributed by atoms with E-state index in [0.717, 1.165) is 37.9 Å². The molecule has 3 aliphatic rings. The molecule has 4 rings (SSSR count). The van der Waals surface area contributed by atoms with Crippen molar-refractivity contribution in [1.29, 1.82) is 0 Å². The average Bonchev–Trinajstić information content (AvgIpc) is 3.42. The van der Waals surface area contributed by atoms with Crippen LogP contribution < -0.4 is 5.32 Å². The molecule has 2 atom stereocenters. The largest absolute Gasteiger partial charge is 0.465 e. The number of anilines is 1. The summed E-state index contributed by atoms with van der Waals surface area (Å²) in [7, 11) is 1.41. The lowest BCUT2D eigenvalue weighted by molar-refractivity contribution is -0.117. The quantitative estimate of drug-likeness (QED) is 0.718. The first-order valence-electron chi connectivity index (χ1n) is 11.0. The standard InChI is InChI=1S/C22H33N3O3S/c1-15-5-6-17-18(11-15)29-21(20(17)22(27)28-2)23-19(26)14-25-10-7-16(13-25)12-24-8-3-4-9-24/h15-16H,3-14H2,1-2H3,(H,23,26)/t15-,16-/m1/s1. The van der Waals surface area contributed by atoms with Crippen LogP contribution in [0.25, 0.3) is 0 Å². The Bertz CT molecular complexity index is 757. The maximum Gasteiger partial charge on any atom is 0.341 e. The fourth-order valence-corrected chi connectivity index (χ4v) is 6.48. The highest BCUT2D eigenvalue weighted by molar-refractivity contribution is 7.17. The Balaban J connectivity index is 1.36. The summed E-state index contributed by atoms with van der Waals surface area (Å²) in [6.07, 6.45) is 6.76. The maximum absolute atomic E-state index is 12.8. The molecular weight excluding hydrogens is 386 g/mol. The molecule has 2 fully saturated rings. The third-order valence-electron chi connectivity index (χ3n) is 6.61.